The summed E-state index contributed by atoms with van der Waals surface area (Å²) in [5.41, 5.74) is -0.0806. The minimum atomic E-state index is -0.536. The summed E-state index contributed by atoms with van der Waals surface area (Å²) in [6, 6.07) is 0. The second-order valence-corrected chi connectivity index (χ2v) is 7.94. The number of hydrogen-bond acceptors (Lipinski definition) is 6. The van der Waals surface area contributed by atoms with Crippen molar-refractivity contribution in [2.24, 2.45) is 0 Å². The summed E-state index contributed by atoms with van der Waals surface area (Å²) < 4.78 is 12.1. The molecule has 1 aromatic heterocycles. The van der Waals surface area contributed by atoms with Gasteiger partial charge in [-0.3, -0.25) is 4.79 Å². The second kappa shape index (κ2) is 6.93. The Morgan fingerprint density at radius 2 is 1.78 bits per heavy atom. The van der Waals surface area contributed by atoms with Gasteiger partial charge < -0.3 is 9.31 Å². The van der Waals surface area contributed by atoms with Gasteiger partial charge in [-0.15, -0.1) is 0 Å². The number of thioether (sulfide) groups is 1. The predicted octanol–water partition coefficient (Wildman–Crippen LogP) is 3.42. The van der Waals surface area contributed by atoms with Crippen molar-refractivity contribution in [1.29, 1.82) is 0 Å². The van der Waals surface area contributed by atoms with E-state index in [9.17, 15) is 4.79 Å². The van der Waals surface area contributed by atoms with Gasteiger partial charge in [-0.05, 0) is 39.2 Å². The summed E-state index contributed by atoms with van der Waals surface area (Å²) in [6.07, 6.45) is 4.84. The molecule has 0 bridgehead atoms. The Morgan fingerprint density at radius 3 is 2.26 bits per heavy atom. The van der Waals surface area contributed by atoms with Gasteiger partial charge in [0.1, 0.15) is 0 Å². The third kappa shape index (κ3) is 4.56. The molecule has 0 atom stereocenters. The highest BCUT2D eigenvalue weighted by Gasteiger charge is 2.52. The van der Waals surface area contributed by atoms with Crippen molar-refractivity contribution in [2.75, 3.05) is 5.75 Å². The van der Waals surface area contributed by atoms with Gasteiger partial charge in [0.05, 0.1) is 16.2 Å². The number of hydrogen-bond donors (Lipinski definition) is 0. The van der Waals surface area contributed by atoms with Crippen LogP contribution >= 0.6 is 23.4 Å². The van der Waals surface area contributed by atoms with Crippen molar-refractivity contribution in [2.45, 2.75) is 45.8 Å². The van der Waals surface area contributed by atoms with Gasteiger partial charge in [0.15, 0.2) is 10.9 Å². The average Bonchev–Trinajstić information content (AvgIpc) is 2.65. The van der Waals surface area contributed by atoms with Gasteiger partial charge in [0.2, 0.25) is 0 Å². The van der Waals surface area contributed by atoms with Gasteiger partial charge >= 0.3 is 7.12 Å². The molecular formula is C15H20BClN2O3S. The van der Waals surface area contributed by atoms with Crippen LogP contribution in [0, 0.1) is 0 Å². The topological polar surface area (TPSA) is 61.3 Å². The molecule has 1 saturated heterocycles. The van der Waals surface area contributed by atoms with Crippen molar-refractivity contribution in [3.05, 3.63) is 28.7 Å². The van der Waals surface area contributed by atoms with Crippen molar-refractivity contribution >= 4 is 41.7 Å². The summed E-state index contributed by atoms with van der Waals surface area (Å²) in [5, 5.41) is 0.502. The molecule has 23 heavy (non-hydrogen) atoms. The van der Waals surface area contributed by atoms with E-state index in [1.807, 2.05) is 27.7 Å². The number of halogens is 1. The van der Waals surface area contributed by atoms with E-state index in [1.54, 1.807) is 6.08 Å². The van der Waals surface area contributed by atoms with E-state index in [-0.39, 0.29) is 5.12 Å². The van der Waals surface area contributed by atoms with Gasteiger partial charge in [-0.2, -0.15) is 0 Å². The van der Waals surface area contributed by atoms with E-state index in [0.29, 0.717) is 16.6 Å². The molecule has 0 amide bonds. The molecule has 5 nitrogen and oxygen atoms in total. The van der Waals surface area contributed by atoms with Crippen molar-refractivity contribution in [1.82, 2.24) is 9.97 Å². The molecule has 0 spiro atoms. The maximum absolute atomic E-state index is 11.3. The fourth-order valence-corrected chi connectivity index (χ4v) is 2.61. The standard InChI is InChI=1S/C15H20BClN2O3S/c1-10(20)23-9-11(6-13-18-7-12(17)8-19-13)16-21-14(2,3)15(4,5)22-16/h6-8H,9H2,1-5H3. The Hall–Kier alpha value is -0.885. The largest absolute Gasteiger partial charge is 0.491 e. The van der Waals surface area contributed by atoms with Gasteiger partial charge in [-0.1, -0.05) is 23.4 Å². The molecule has 1 fully saturated rings. The Labute approximate surface area is 146 Å². The Morgan fingerprint density at radius 1 is 1.26 bits per heavy atom. The number of carbonyl (C=O) groups excluding carboxylic acids is 1. The SMILES string of the molecule is CC(=O)SCC(=Cc1ncc(Cl)cn1)B1OC(C)(C)C(C)(C)O1. The lowest BCUT2D eigenvalue weighted by Crippen LogP contribution is -2.41. The Kier molecular flexibility index (Phi) is 5.56. The van der Waals surface area contributed by atoms with E-state index < -0.39 is 18.3 Å². The highest BCUT2D eigenvalue weighted by atomic mass is 35.5. The fraction of sp³-hybridized carbons (Fsp3) is 0.533. The van der Waals surface area contributed by atoms with Crippen LogP contribution in [0.15, 0.2) is 17.9 Å². The number of rotatable bonds is 4. The van der Waals surface area contributed by atoms with E-state index in [4.69, 9.17) is 20.9 Å². The predicted molar refractivity (Wildman–Crippen MR) is 94.2 cm³/mol. The molecule has 8 heteroatoms. The van der Waals surface area contributed by atoms with Crippen LogP contribution < -0.4 is 0 Å². The molecule has 1 aromatic rings. The quantitative estimate of drug-likeness (QED) is 0.772. The van der Waals surface area contributed by atoms with Crippen LogP contribution in [0.3, 0.4) is 0 Å². The molecule has 1 aliphatic heterocycles. The van der Waals surface area contributed by atoms with E-state index >= 15 is 0 Å². The lowest BCUT2D eigenvalue weighted by atomic mass is 9.79. The summed E-state index contributed by atoms with van der Waals surface area (Å²) in [6.45, 7) is 9.48. The first-order chi connectivity index (χ1) is 10.6. The van der Waals surface area contributed by atoms with Crippen molar-refractivity contribution < 1.29 is 14.1 Å². The first-order valence-corrected chi connectivity index (χ1v) is 8.64. The second-order valence-electron chi connectivity index (χ2n) is 6.35. The number of carbonyl (C=O) groups is 1. The Balaban J connectivity index is 2.28. The van der Waals surface area contributed by atoms with Gasteiger partial charge in [0.25, 0.3) is 0 Å². The smallest absolute Gasteiger partial charge is 0.400 e. The van der Waals surface area contributed by atoms with E-state index in [0.717, 1.165) is 5.47 Å². The average molecular weight is 355 g/mol. The molecule has 2 heterocycles. The van der Waals surface area contributed by atoms with Crippen molar-refractivity contribution in [3.63, 3.8) is 0 Å². The monoisotopic (exact) mass is 354 g/mol. The normalized spacial score (nSPS) is 19.9. The van der Waals surface area contributed by atoms with Gasteiger partial charge in [-0.25, -0.2) is 9.97 Å². The molecule has 1 aliphatic rings. The summed E-state index contributed by atoms with van der Waals surface area (Å²) in [4.78, 5) is 19.6. The molecule has 2 rings (SSSR count). The molecule has 0 aromatic carbocycles. The highest BCUT2D eigenvalue weighted by Crippen LogP contribution is 2.39. The minimum Gasteiger partial charge on any atom is -0.400 e. The molecule has 0 N–H and O–H groups in total. The summed E-state index contributed by atoms with van der Waals surface area (Å²) in [7, 11) is -0.536. The summed E-state index contributed by atoms with van der Waals surface area (Å²) in [5.74, 6) is 0.960. The maximum atomic E-state index is 11.3. The van der Waals surface area contributed by atoms with Crippen LogP contribution in [0.5, 0.6) is 0 Å². The molecule has 0 radical (unpaired) electrons. The first-order valence-electron chi connectivity index (χ1n) is 7.28. The van der Waals surface area contributed by atoms with Crippen LogP contribution in [0.2, 0.25) is 5.02 Å². The van der Waals surface area contributed by atoms with Crippen LogP contribution in [0.1, 0.15) is 40.4 Å². The van der Waals surface area contributed by atoms with Crippen LogP contribution in [-0.2, 0) is 14.1 Å². The number of aromatic nitrogens is 2. The zero-order valence-electron chi connectivity index (χ0n) is 13.9. The molecule has 0 saturated carbocycles. The zero-order chi connectivity index (χ0) is 17.3. The van der Waals surface area contributed by atoms with E-state index in [1.165, 1.54) is 31.1 Å². The third-order valence-electron chi connectivity index (χ3n) is 3.95. The molecule has 124 valence electrons. The fourth-order valence-electron chi connectivity index (χ4n) is 1.92. The van der Waals surface area contributed by atoms with Crippen LogP contribution in [0.25, 0.3) is 6.08 Å². The zero-order valence-corrected chi connectivity index (χ0v) is 15.5. The Bertz CT molecular complexity index is 604. The number of nitrogens with zero attached hydrogens (tertiary/aromatic N) is 2. The van der Waals surface area contributed by atoms with Gasteiger partial charge in [0, 0.05) is 25.1 Å². The highest BCUT2D eigenvalue weighted by molar-refractivity contribution is 8.13. The summed E-state index contributed by atoms with van der Waals surface area (Å²) >= 11 is 7.01. The van der Waals surface area contributed by atoms with E-state index in [2.05, 4.69) is 9.97 Å². The minimum absolute atomic E-state index is 0.0319. The van der Waals surface area contributed by atoms with Crippen LogP contribution in [-0.4, -0.2) is 39.2 Å². The maximum Gasteiger partial charge on any atom is 0.491 e. The first kappa shape index (κ1) is 18.5. The molecular weight excluding hydrogens is 335 g/mol. The molecule has 0 aliphatic carbocycles. The lowest BCUT2D eigenvalue weighted by Gasteiger charge is -2.32. The van der Waals surface area contributed by atoms with Crippen molar-refractivity contribution in [3.8, 4) is 0 Å². The lowest BCUT2D eigenvalue weighted by molar-refractivity contribution is -0.109. The molecule has 0 unspecified atom stereocenters. The van der Waals surface area contributed by atoms with Crippen LogP contribution in [0.4, 0.5) is 0 Å². The third-order valence-corrected chi connectivity index (χ3v) is 5.03.